The topological polar surface area (TPSA) is 129 Å². The molecule has 0 unspecified atom stereocenters. The van der Waals surface area contributed by atoms with Gasteiger partial charge >= 0.3 is 24.1 Å². The fourth-order valence-corrected chi connectivity index (χ4v) is 5.45. The Balaban J connectivity index is 1.25. The summed E-state index contributed by atoms with van der Waals surface area (Å²) in [6.07, 6.45) is 6.52. The first-order chi connectivity index (χ1) is 21.1. The van der Waals surface area contributed by atoms with Gasteiger partial charge in [0.25, 0.3) is 0 Å². The van der Waals surface area contributed by atoms with Crippen LogP contribution in [0.3, 0.4) is 0 Å². The number of alkyl carbamates (subject to hydrolysis) is 2. The summed E-state index contributed by atoms with van der Waals surface area (Å²) in [7, 11) is 0. The van der Waals surface area contributed by atoms with Crippen LogP contribution in [-0.4, -0.2) is 50.6 Å². The highest BCUT2D eigenvalue weighted by Crippen LogP contribution is 2.30. The van der Waals surface area contributed by atoms with Crippen molar-refractivity contribution in [3.05, 3.63) is 59.7 Å². The molecule has 0 saturated heterocycles. The number of benzene rings is 1. The molecule has 2 aliphatic rings. The monoisotopic (exact) mass is 612 g/mol. The molecule has 0 heterocycles. The molecule has 0 aliphatic heterocycles. The number of carbonyl (C=O) groups excluding carboxylic acids is 4. The molecule has 0 atom stereocenters. The number of ether oxygens (including phenoxy) is 4. The third kappa shape index (κ3) is 12.8. The van der Waals surface area contributed by atoms with Crippen molar-refractivity contribution in [1.29, 1.82) is 0 Å². The van der Waals surface area contributed by atoms with Gasteiger partial charge in [0.15, 0.2) is 0 Å². The molecule has 0 radical (unpaired) electrons. The standard InChI is InChI=1S/C34H48N2O8/c1-23(2)31(37)41-19-25-8-12-27(13-9-25)21-43-33(39)35-17-29-6-5-7-30(16-29)18-36-34(40)44-22-28-14-10-26(11-15-28)20-42-32(38)24(3)4/h5-7,16,25-28H,1,3,8-15,17-22H2,2,4H3,(H,35,39)(H,36,40). The molecule has 2 fully saturated rings. The van der Waals surface area contributed by atoms with Crippen LogP contribution in [0.1, 0.15) is 76.3 Å². The van der Waals surface area contributed by atoms with Crippen LogP contribution in [0.15, 0.2) is 48.6 Å². The van der Waals surface area contributed by atoms with Gasteiger partial charge in [-0.3, -0.25) is 0 Å². The molecule has 10 heteroatoms. The second-order valence-electron chi connectivity index (χ2n) is 12.3. The zero-order chi connectivity index (χ0) is 31.9. The van der Waals surface area contributed by atoms with Gasteiger partial charge < -0.3 is 29.6 Å². The van der Waals surface area contributed by atoms with Gasteiger partial charge in [0.2, 0.25) is 0 Å². The Hall–Kier alpha value is -3.82. The van der Waals surface area contributed by atoms with Crippen LogP contribution in [0.5, 0.6) is 0 Å². The van der Waals surface area contributed by atoms with Crippen LogP contribution in [0.2, 0.25) is 0 Å². The molecule has 2 amide bonds. The lowest BCUT2D eigenvalue weighted by molar-refractivity contribution is -0.141. The average molecular weight is 613 g/mol. The maximum absolute atomic E-state index is 12.3. The number of nitrogens with one attached hydrogen (secondary N) is 2. The van der Waals surface area contributed by atoms with Gasteiger partial charge in [0, 0.05) is 24.2 Å². The van der Waals surface area contributed by atoms with Crippen molar-refractivity contribution < 1.29 is 38.1 Å². The molecule has 242 valence electrons. The van der Waals surface area contributed by atoms with Crippen LogP contribution in [0.4, 0.5) is 9.59 Å². The number of hydrogen-bond donors (Lipinski definition) is 2. The van der Waals surface area contributed by atoms with E-state index in [4.69, 9.17) is 18.9 Å². The zero-order valence-corrected chi connectivity index (χ0v) is 26.2. The van der Waals surface area contributed by atoms with Crippen molar-refractivity contribution >= 4 is 24.1 Å². The van der Waals surface area contributed by atoms with Crippen molar-refractivity contribution in [2.75, 3.05) is 26.4 Å². The highest BCUT2D eigenvalue weighted by atomic mass is 16.6. The molecular formula is C34H48N2O8. The predicted octanol–water partition coefficient (Wildman–Crippen LogP) is 5.99. The van der Waals surface area contributed by atoms with E-state index in [9.17, 15) is 19.2 Å². The number of hydrogen-bond acceptors (Lipinski definition) is 8. The van der Waals surface area contributed by atoms with E-state index in [1.165, 1.54) is 0 Å². The zero-order valence-electron chi connectivity index (χ0n) is 26.2. The van der Waals surface area contributed by atoms with Gasteiger partial charge in [-0.15, -0.1) is 0 Å². The summed E-state index contributed by atoms with van der Waals surface area (Å²) in [5.74, 6) is 0.584. The van der Waals surface area contributed by atoms with Crippen LogP contribution >= 0.6 is 0 Å². The normalized spacial score (nSPS) is 21.3. The van der Waals surface area contributed by atoms with Crippen molar-refractivity contribution in [2.45, 2.75) is 78.3 Å². The molecule has 44 heavy (non-hydrogen) atoms. The van der Waals surface area contributed by atoms with Crippen molar-refractivity contribution in [1.82, 2.24) is 10.6 Å². The third-order valence-corrected chi connectivity index (χ3v) is 8.30. The van der Waals surface area contributed by atoms with E-state index >= 15 is 0 Å². The van der Waals surface area contributed by atoms with Crippen molar-refractivity contribution in [3.63, 3.8) is 0 Å². The SMILES string of the molecule is C=C(C)C(=O)OCC1CCC(COC(=O)NCc2cccc(CNC(=O)OCC3CCC(COC(=O)C(=C)C)CC3)c2)CC1. The summed E-state index contributed by atoms with van der Waals surface area (Å²) in [5, 5.41) is 5.59. The number of esters is 2. The fourth-order valence-electron chi connectivity index (χ4n) is 5.45. The summed E-state index contributed by atoms with van der Waals surface area (Å²) in [6.45, 7) is 12.6. The van der Waals surface area contributed by atoms with Gasteiger partial charge in [-0.05, 0) is 100 Å². The van der Waals surface area contributed by atoms with Gasteiger partial charge in [0.05, 0.1) is 26.4 Å². The summed E-state index contributed by atoms with van der Waals surface area (Å²) in [6, 6.07) is 7.60. The molecule has 3 rings (SSSR count). The lowest BCUT2D eigenvalue weighted by Crippen LogP contribution is -2.29. The molecule has 2 saturated carbocycles. The Kier molecular flexibility index (Phi) is 14.3. The summed E-state index contributed by atoms with van der Waals surface area (Å²) in [4.78, 5) is 47.7. The van der Waals surface area contributed by atoms with Crippen LogP contribution in [-0.2, 0) is 41.6 Å². The van der Waals surface area contributed by atoms with Gasteiger partial charge in [-0.25, -0.2) is 19.2 Å². The Morgan fingerprint density at radius 1 is 0.614 bits per heavy atom. The first kappa shape index (κ1) is 34.7. The van der Waals surface area contributed by atoms with Crippen LogP contribution in [0.25, 0.3) is 0 Å². The maximum Gasteiger partial charge on any atom is 0.407 e. The first-order valence-corrected chi connectivity index (χ1v) is 15.6. The summed E-state index contributed by atoms with van der Waals surface area (Å²) < 4.78 is 21.4. The van der Waals surface area contributed by atoms with E-state index in [-0.39, 0.29) is 11.9 Å². The smallest absolute Gasteiger partial charge is 0.407 e. The minimum Gasteiger partial charge on any atom is -0.462 e. The average Bonchev–Trinajstić information content (AvgIpc) is 3.03. The fraction of sp³-hybridized carbons (Fsp3) is 0.588. The Bertz CT molecular complexity index is 1060. The van der Waals surface area contributed by atoms with Crippen molar-refractivity contribution in [3.8, 4) is 0 Å². The Morgan fingerprint density at radius 3 is 1.25 bits per heavy atom. The molecule has 0 bridgehead atoms. The minimum atomic E-state index is -0.462. The predicted molar refractivity (Wildman–Crippen MR) is 165 cm³/mol. The Labute approximate surface area is 260 Å². The molecule has 0 spiro atoms. The maximum atomic E-state index is 12.3. The van der Waals surface area contributed by atoms with Gasteiger partial charge in [-0.1, -0.05) is 37.4 Å². The van der Waals surface area contributed by atoms with E-state index in [0.717, 1.165) is 62.5 Å². The minimum absolute atomic E-state index is 0.302. The second kappa shape index (κ2) is 18.1. The first-order valence-electron chi connectivity index (χ1n) is 15.6. The molecule has 0 aromatic heterocycles. The molecular weight excluding hydrogens is 564 g/mol. The van der Waals surface area contributed by atoms with Gasteiger partial charge in [-0.2, -0.15) is 0 Å². The van der Waals surface area contributed by atoms with E-state index in [1.807, 2.05) is 24.3 Å². The van der Waals surface area contributed by atoms with E-state index < -0.39 is 12.2 Å². The van der Waals surface area contributed by atoms with E-state index in [0.29, 0.717) is 74.3 Å². The largest absolute Gasteiger partial charge is 0.462 e. The Morgan fingerprint density at radius 2 is 0.932 bits per heavy atom. The highest BCUT2D eigenvalue weighted by molar-refractivity contribution is 5.87. The molecule has 1 aromatic carbocycles. The second-order valence-corrected chi connectivity index (χ2v) is 12.3. The number of amides is 2. The lowest BCUT2D eigenvalue weighted by atomic mass is 9.83. The van der Waals surface area contributed by atoms with Crippen molar-refractivity contribution in [2.24, 2.45) is 23.7 Å². The van der Waals surface area contributed by atoms with E-state index in [1.54, 1.807) is 13.8 Å². The lowest BCUT2D eigenvalue weighted by Gasteiger charge is -2.27. The van der Waals surface area contributed by atoms with Crippen LogP contribution in [0, 0.1) is 23.7 Å². The quantitative estimate of drug-likeness (QED) is 0.149. The van der Waals surface area contributed by atoms with Crippen LogP contribution < -0.4 is 10.6 Å². The number of carbonyl (C=O) groups is 4. The number of rotatable bonds is 14. The van der Waals surface area contributed by atoms with Gasteiger partial charge in [0.1, 0.15) is 0 Å². The molecule has 2 aliphatic carbocycles. The molecule has 1 aromatic rings. The highest BCUT2D eigenvalue weighted by Gasteiger charge is 2.25. The molecule has 10 nitrogen and oxygen atoms in total. The summed E-state index contributed by atoms with van der Waals surface area (Å²) >= 11 is 0. The van der Waals surface area contributed by atoms with E-state index in [2.05, 4.69) is 23.8 Å². The third-order valence-electron chi connectivity index (χ3n) is 8.30. The summed E-state index contributed by atoms with van der Waals surface area (Å²) in [5.41, 5.74) is 2.60. The molecule has 2 N–H and O–H groups in total.